The third-order valence-electron chi connectivity index (χ3n) is 14.5. The Labute approximate surface area is 569 Å². The first-order valence-corrected chi connectivity index (χ1v) is 33.2. The minimum Gasteiger partial charge on any atom is -0.493 e. The van der Waals surface area contributed by atoms with Crippen molar-refractivity contribution in [1.29, 1.82) is 0 Å². The van der Waals surface area contributed by atoms with E-state index in [9.17, 15) is 43.7 Å². The quantitative estimate of drug-likeness (QED) is 0.0127. The molecule has 4 amide bonds. The number of carbonyl (C=O) groups is 7. The normalized spacial score (nSPS) is 14.7. The molecule has 29 nitrogen and oxygen atoms in total. The highest BCUT2D eigenvalue weighted by Gasteiger charge is 2.35. The first kappa shape index (κ1) is 85.0. The van der Waals surface area contributed by atoms with Crippen molar-refractivity contribution >= 4 is 66.5 Å². The van der Waals surface area contributed by atoms with Gasteiger partial charge >= 0.3 is 6.09 Å². The lowest BCUT2D eigenvalue weighted by atomic mass is 9.96. The van der Waals surface area contributed by atoms with Crippen LogP contribution in [0.2, 0.25) is 0 Å². The Morgan fingerprint density at radius 2 is 1.32 bits per heavy atom. The highest BCUT2D eigenvalue weighted by atomic mass is 32.2. The van der Waals surface area contributed by atoms with Gasteiger partial charge < -0.3 is 92.3 Å². The third-order valence-corrected chi connectivity index (χ3v) is 16.0. The first-order chi connectivity index (χ1) is 46.6. The molecule has 96 heavy (non-hydrogen) atoms. The average Bonchev–Trinajstić information content (AvgIpc) is 1.22. The SMILES string of the molecule is CN(C)C1CC(CCCCC=O)SC1NC=O.CN1Cc2ccccc2CCc2ccccc21.CNCCC=O.COc1cc(C(C)OC=O)c([N+](=O)[O-])cc1OCCCC(=O)NCCOCCOCCOCCOCCN(C)C(=O)OCCOCCOCCOCC(=O)NN. The van der Waals surface area contributed by atoms with E-state index in [0.29, 0.717) is 116 Å². The number of hydrazine groups is 1. The van der Waals surface area contributed by atoms with Crippen LogP contribution in [0.5, 0.6) is 11.5 Å². The highest BCUT2D eigenvalue weighted by molar-refractivity contribution is 8.00. The molecule has 3 aromatic rings. The summed E-state index contributed by atoms with van der Waals surface area (Å²) in [5.41, 5.74) is 7.62. The number of nitro benzene ring substituents is 1. The van der Waals surface area contributed by atoms with E-state index in [1.54, 1.807) is 7.05 Å². The van der Waals surface area contributed by atoms with Gasteiger partial charge in [0.1, 0.15) is 31.9 Å². The second kappa shape index (κ2) is 55.0. The van der Waals surface area contributed by atoms with E-state index in [-0.39, 0.29) is 80.0 Å². The van der Waals surface area contributed by atoms with E-state index in [1.807, 2.05) is 24.2 Å². The van der Waals surface area contributed by atoms with Crippen LogP contribution in [-0.2, 0) is 90.8 Å². The maximum Gasteiger partial charge on any atom is 0.409 e. The maximum atomic E-state index is 12.1. The fourth-order valence-electron chi connectivity index (χ4n) is 9.34. The molecule has 0 saturated carbocycles. The number of rotatable bonds is 47. The van der Waals surface area contributed by atoms with Crippen molar-refractivity contribution in [3.63, 3.8) is 0 Å². The molecule has 5 rings (SSSR count). The molecular weight excluding hydrogens is 1270 g/mol. The zero-order valence-electron chi connectivity index (χ0n) is 57.0. The van der Waals surface area contributed by atoms with Crippen molar-refractivity contribution in [2.75, 3.05) is 173 Å². The van der Waals surface area contributed by atoms with Crippen molar-refractivity contribution in [2.24, 2.45) is 5.84 Å². The molecule has 2 aliphatic heterocycles. The summed E-state index contributed by atoms with van der Waals surface area (Å²) in [7, 11) is 11.1. The number of likely N-dealkylation sites (N-methyl/N-ethyl adjacent to an activating group) is 2. The van der Waals surface area contributed by atoms with Crippen molar-refractivity contribution in [1.82, 2.24) is 31.2 Å². The third kappa shape index (κ3) is 38.0. The molecule has 0 radical (unpaired) electrons. The van der Waals surface area contributed by atoms with Crippen LogP contribution < -0.4 is 41.6 Å². The second-order valence-electron chi connectivity index (χ2n) is 21.8. The number of nitrogens with zero attached hydrogens (tertiary/aromatic N) is 4. The Bertz CT molecular complexity index is 2630. The summed E-state index contributed by atoms with van der Waals surface area (Å²) >= 11 is 1.86. The van der Waals surface area contributed by atoms with Crippen molar-refractivity contribution in [3.05, 3.63) is 93.0 Å². The number of nitro groups is 1. The molecule has 6 N–H and O–H groups in total. The zero-order valence-corrected chi connectivity index (χ0v) is 57.9. The number of anilines is 1. The average molecular weight is 1380 g/mol. The molecule has 1 saturated heterocycles. The van der Waals surface area contributed by atoms with E-state index >= 15 is 0 Å². The van der Waals surface area contributed by atoms with Crippen molar-refractivity contribution in [3.8, 4) is 11.5 Å². The predicted octanol–water partition coefficient (Wildman–Crippen LogP) is 4.76. The summed E-state index contributed by atoms with van der Waals surface area (Å²) in [6.07, 6.45) is 9.77. The number of nitrogens with one attached hydrogen (secondary N) is 4. The summed E-state index contributed by atoms with van der Waals surface area (Å²) in [5.74, 6) is 4.67. The lowest BCUT2D eigenvalue weighted by Gasteiger charge is -2.26. The van der Waals surface area contributed by atoms with Gasteiger partial charge in [0.05, 0.1) is 122 Å². The largest absolute Gasteiger partial charge is 0.493 e. The Balaban J connectivity index is 0.000000618. The Hall–Kier alpha value is -7.10. The molecule has 3 aromatic carbocycles. The smallest absolute Gasteiger partial charge is 0.409 e. The van der Waals surface area contributed by atoms with Crippen LogP contribution >= 0.6 is 11.8 Å². The van der Waals surface area contributed by atoms with Crippen LogP contribution in [0.15, 0.2) is 60.7 Å². The minimum atomic E-state index is -0.861. The summed E-state index contributed by atoms with van der Waals surface area (Å²) < 4.78 is 58.3. The number of hydrogen-bond acceptors (Lipinski definition) is 25. The predicted molar refractivity (Wildman–Crippen MR) is 363 cm³/mol. The van der Waals surface area contributed by atoms with Gasteiger partial charge in [0.2, 0.25) is 12.3 Å². The summed E-state index contributed by atoms with van der Waals surface area (Å²) in [4.78, 5) is 92.9. The fourth-order valence-corrected chi connectivity index (χ4v) is 11.0. The molecule has 1 fully saturated rings. The first-order valence-electron chi connectivity index (χ1n) is 32.2. The van der Waals surface area contributed by atoms with Crippen LogP contribution in [0.1, 0.15) is 86.6 Å². The number of thioether (sulfide) groups is 1. The van der Waals surface area contributed by atoms with Gasteiger partial charge in [-0.3, -0.25) is 34.7 Å². The topological polar surface area (TPSA) is 348 Å². The number of ether oxygens (including phenoxy) is 11. The molecule has 2 aliphatic rings. The van der Waals surface area contributed by atoms with E-state index in [4.69, 9.17) is 57.9 Å². The molecule has 2 heterocycles. The number of methoxy groups -OCH3 is 1. The van der Waals surface area contributed by atoms with Crippen LogP contribution in [0.25, 0.3) is 0 Å². The van der Waals surface area contributed by atoms with Gasteiger partial charge in [0.15, 0.2) is 11.5 Å². The molecule has 0 aromatic heterocycles. The number of aryl methyl sites for hydroxylation is 2. The van der Waals surface area contributed by atoms with Gasteiger partial charge in [-0.1, -0.05) is 48.9 Å². The number of hydrogen-bond donors (Lipinski definition) is 5. The molecule has 0 aliphatic carbocycles. The number of nitrogens with two attached hydrogens (primary N) is 1. The van der Waals surface area contributed by atoms with Crippen LogP contribution in [0, 0.1) is 10.1 Å². The number of unbranched alkanes of at least 4 members (excludes halogenated alkanes) is 2. The van der Waals surface area contributed by atoms with E-state index in [0.717, 1.165) is 70.6 Å². The van der Waals surface area contributed by atoms with Crippen LogP contribution in [0.4, 0.5) is 16.2 Å². The zero-order chi connectivity index (χ0) is 70.4. The van der Waals surface area contributed by atoms with E-state index in [1.165, 1.54) is 53.4 Å². The lowest BCUT2D eigenvalue weighted by Crippen LogP contribution is -2.41. The molecule has 0 spiro atoms. The summed E-state index contributed by atoms with van der Waals surface area (Å²) in [6.45, 7) is 8.43. The molecule has 4 atom stereocenters. The molecular formula is C66H105N9O20S. The number of carbonyl (C=O) groups excluding carboxylic acids is 7. The molecule has 4 unspecified atom stereocenters. The Morgan fingerprint density at radius 3 is 1.91 bits per heavy atom. The van der Waals surface area contributed by atoms with Gasteiger partial charge in [-0.15, -0.1) is 11.8 Å². The van der Waals surface area contributed by atoms with Crippen molar-refractivity contribution < 1.29 is 90.6 Å². The summed E-state index contributed by atoms with van der Waals surface area (Å²) in [5, 5.41) is 20.8. The number of aldehydes is 2. The lowest BCUT2D eigenvalue weighted by molar-refractivity contribution is -0.386. The molecule has 540 valence electrons. The second-order valence-corrected chi connectivity index (χ2v) is 23.3. The summed E-state index contributed by atoms with van der Waals surface area (Å²) in [6, 6.07) is 20.5. The van der Waals surface area contributed by atoms with E-state index in [2.05, 4.69) is 95.4 Å². The standard InChI is InChI=1S/C34H57N5O17.C16H17N.C12H22N2O2S.C4H9NO/c1-27(56-26-40)28-23-30(46-3)31(24-29(28)39(44)45)54-8-4-5-32(41)36-6-9-47-11-13-49-15-16-50-14-12-48-10-7-38(2)34(43)55-22-21-52-18-17-51-19-20-53-25-33(42)37-35;1-17-12-15-8-3-2-6-13(15)10-11-14-7-4-5-9-16(14)17;1-14(2)11-8-10(6-4-3-5-7-15)17-12(11)13-9-16;1-5-3-2-4-6/h23-24,26-27H,4-22,25,35H2,1-3H3,(H,36,41)(H,37,42);2-9H,10-12H2,1H3;7,9-12H,3-6,8H2,1-2H3,(H,13,16);4-5H,2-3H2,1H3. The van der Waals surface area contributed by atoms with Crippen molar-refractivity contribution in [2.45, 2.75) is 100 Å². The monoisotopic (exact) mass is 1380 g/mol. The Morgan fingerprint density at radius 1 is 0.729 bits per heavy atom. The van der Waals surface area contributed by atoms with E-state index < -0.39 is 23.0 Å². The van der Waals surface area contributed by atoms with Crippen LogP contribution in [-0.4, -0.2) is 242 Å². The highest BCUT2D eigenvalue weighted by Crippen LogP contribution is 2.39. The molecule has 0 bridgehead atoms. The maximum absolute atomic E-state index is 12.1. The number of benzene rings is 3. The van der Waals surface area contributed by atoms with Crippen LogP contribution in [0.3, 0.4) is 0 Å². The van der Waals surface area contributed by atoms with Gasteiger partial charge in [0, 0.05) is 76.5 Å². The van der Waals surface area contributed by atoms with Gasteiger partial charge in [-0.25, -0.2) is 10.6 Å². The molecule has 30 heteroatoms. The van der Waals surface area contributed by atoms with Gasteiger partial charge in [-0.2, -0.15) is 0 Å². The number of para-hydroxylation sites is 1. The minimum absolute atomic E-state index is 0.0952. The number of amides is 4. The van der Waals surface area contributed by atoms with Gasteiger partial charge in [0.25, 0.3) is 18.1 Å². The van der Waals surface area contributed by atoms with Gasteiger partial charge in [-0.05, 0) is 95.4 Å². The Kier molecular flexibility index (Phi) is 48.7. The fraction of sp³-hybridized carbons (Fsp3) is 0.621. The number of fused-ring (bicyclic) bond motifs is 2.